The first-order chi connectivity index (χ1) is 12.4. The second-order valence-corrected chi connectivity index (χ2v) is 6.79. The van der Waals surface area contributed by atoms with Crippen LogP contribution in [0.3, 0.4) is 0 Å². The molecule has 0 saturated carbocycles. The highest BCUT2D eigenvalue weighted by Gasteiger charge is 2.33. The lowest BCUT2D eigenvalue weighted by atomic mass is 10.1. The van der Waals surface area contributed by atoms with Gasteiger partial charge in [-0.25, -0.2) is 19.7 Å². The Morgan fingerprint density at radius 3 is 2.69 bits per heavy atom. The zero-order valence-electron chi connectivity index (χ0n) is 13.1. The van der Waals surface area contributed by atoms with Crippen LogP contribution >= 0.6 is 11.8 Å². The van der Waals surface area contributed by atoms with Crippen molar-refractivity contribution in [3.05, 3.63) is 52.8 Å². The SMILES string of the molecule is O=c1ncc2cc(C(F)(F)F)cc3c2n1CCC(Oc1ncccn1)S3. The van der Waals surface area contributed by atoms with Gasteiger partial charge in [-0.05, 0) is 18.2 Å². The first kappa shape index (κ1) is 16.8. The van der Waals surface area contributed by atoms with Crippen molar-refractivity contribution in [2.75, 3.05) is 0 Å². The average Bonchev–Trinajstić information content (AvgIpc) is 2.78. The zero-order valence-corrected chi connectivity index (χ0v) is 13.9. The molecule has 0 radical (unpaired) electrons. The van der Waals surface area contributed by atoms with Crippen LogP contribution in [0.2, 0.25) is 0 Å². The molecule has 1 aliphatic heterocycles. The smallest absolute Gasteiger partial charge is 0.416 e. The molecule has 3 aromatic rings. The van der Waals surface area contributed by atoms with Crippen LogP contribution in [0.4, 0.5) is 13.2 Å². The Morgan fingerprint density at radius 1 is 1.19 bits per heavy atom. The monoisotopic (exact) mass is 380 g/mol. The fourth-order valence-electron chi connectivity index (χ4n) is 2.75. The van der Waals surface area contributed by atoms with E-state index in [0.29, 0.717) is 16.8 Å². The van der Waals surface area contributed by atoms with Crippen LogP contribution in [0.25, 0.3) is 10.9 Å². The number of alkyl halides is 3. The Balaban J connectivity index is 1.81. The third-order valence-corrected chi connectivity index (χ3v) is 5.03. The summed E-state index contributed by atoms with van der Waals surface area (Å²) in [4.78, 5) is 24.0. The number of benzene rings is 1. The van der Waals surface area contributed by atoms with Crippen LogP contribution in [0.1, 0.15) is 12.0 Å². The zero-order chi connectivity index (χ0) is 18.3. The quantitative estimate of drug-likeness (QED) is 0.681. The maximum atomic E-state index is 13.2. The summed E-state index contributed by atoms with van der Waals surface area (Å²) < 4.78 is 46.7. The molecule has 0 saturated heterocycles. The van der Waals surface area contributed by atoms with Crippen LogP contribution in [0.5, 0.6) is 6.01 Å². The number of halogens is 3. The summed E-state index contributed by atoms with van der Waals surface area (Å²) in [6, 6.07) is 3.80. The van der Waals surface area contributed by atoms with Crippen molar-refractivity contribution in [2.24, 2.45) is 0 Å². The number of thioether (sulfide) groups is 1. The van der Waals surface area contributed by atoms with Gasteiger partial charge < -0.3 is 4.74 Å². The second-order valence-electron chi connectivity index (χ2n) is 5.59. The lowest BCUT2D eigenvalue weighted by molar-refractivity contribution is -0.137. The van der Waals surface area contributed by atoms with Gasteiger partial charge in [0.25, 0.3) is 0 Å². The van der Waals surface area contributed by atoms with Crippen LogP contribution < -0.4 is 10.4 Å². The molecule has 6 nitrogen and oxygen atoms in total. The van der Waals surface area contributed by atoms with Crippen molar-refractivity contribution in [2.45, 2.75) is 29.5 Å². The molecule has 0 fully saturated rings. The van der Waals surface area contributed by atoms with E-state index in [1.54, 1.807) is 6.07 Å². The van der Waals surface area contributed by atoms with Gasteiger partial charge in [-0.1, -0.05) is 11.8 Å². The molecule has 3 heterocycles. The molecule has 0 amide bonds. The topological polar surface area (TPSA) is 69.9 Å². The standard InChI is InChI=1S/C16H11F3N4O2S/c17-16(18,19)10-6-9-8-22-15(24)23-5-2-12(26-11(7-10)13(9)23)25-14-20-3-1-4-21-14/h1,3-4,6-8,12H,2,5H2. The number of hydrogen-bond donors (Lipinski definition) is 0. The first-order valence-corrected chi connectivity index (χ1v) is 8.51. The third-order valence-electron chi connectivity index (χ3n) is 3.87. The minimum Gasteiger partial charge on any atom is -0.449 e. The molecule has 1 aliphatic rings. The molecule has 26 heavy (non-hydrogen) atoms. The van der Waals surface area contributed by atoms with E-state index >= 15 is 0 Å². The van der Waals surface area contributed by atoms with E-state index < -0.39 is 22.9 Å². The van der Waals surface area contributed by atoms with Crippen LogP contribution in [-0.4, -0.2) is 25.0 Å². The van der Waals surface area contributed by atoms with E-state index in [2.05, 4.69) is 15.0 Å². The van der Waals surface area contributed by atoms with Crippen molar-refractivity contribution < 1.29 is 17.9 Å². The molecular weight excluding hydrogens is 369 g/mol. The molecular formula is C16H11F3N4O2S. The minimum atomic E-state index is -4.50. The van der Waals surface area contributed by atoms with E-state index in [1.165, 1.54) is 23.2 Å². The van der Waals surface area contributed by atoms with Crippen LogP contribution in [0.15, 0.2) is 46.5 Å². The summed E-state index contributed by atoms with van der Waals surface area (Å²) in [7, 11) is 0. The van der Waals surface area contributed by atoms with Gasteiger partial charge in [0.15, 0.2) is 5.44 Å². The van der Waals surface area contributed by atoms with Crippen molar-refractivity contribution in [3.63, 3.8) is 0 Å². The van der Waals surface area contributed by atoms with E-state index in [1.807, 2.05) is 0 Å². The Labute approximate surface area is 149 Å². The third kappa shape index (κ3) is 3.12. The van der Waals surface area contributed by atoms with Gasteiger partial charge >= 0.3 is 17.9 Å². The van der Waals surface area contributed by atoms with Gasteiger partial charge in [-0.2, -0.15) is 13.2 Å². The van der Waals surface area contributed by atoms with Crippen molar-refractivity contribution in [3.8, 4) is 6.01 Å². The number of aryl methyl sites for hydroxylation is 1. The number of hydrogen-bond acceptors (Lipinski definition) is 6. The highest BCUT2D eigenvalue weighted by atomic mass is 32.2. The maximum absolute atomic E-state index is 13.2. The van der Waals surface area contributed by atoms with Crippen molar-refractivity contribution in [1.29, 1.82) is 0 Å². The summed E-state index contributed by atoms with van der Waals surface area (Å²) >= 11 is 1.11. The van der Waals surface area contributed by atoms with Gasteiger partial charge in [0.1, 0.15) is 0 Å². The largest absolute Gasteiger partial charge is 0.449 e. The predicted molar refractivity (Wildman–Crippen MR) is 87.9 cm³/mol. The van der Waals surface area contributed by atoms with E-state index in [9.17, 15) is 18.0 Å². The first-order valence-electron chi connectivity index (χ1n) is 7.63. The van der Waals surface area contributed by atoms with Gasteiger partial charge in [-0.15, -0.1) is 0 Å². The average molecular weight is 380 g/mol. The fourth-order valence-corrected chi connectivity index (χ4v) is 3.92. The van der Waals surface area contributed by atoms with Gasteiger partial charge in [0.05, 0.1) is 11.1 Å². The van der Waals surface area contributed by atoms with Gasteiger partial charge in [0, 0.05) is 41.8 Å². The van der Waals surface area contributed by atoms with Crippen LogP contribution in [-0.2, 0) is 12.7 Å². The number of aromatic nitrogens is 4. The molecule has 0 bridgehead atoms. The molecule has 4 rings (SSSR count). The molecule has 1 atom stereocenters. The van der Waals surface area contributed by atoms with Crippen LogP contribution in [0, 0.1) is 0 Å². The summed E-state index contributed by atoms with van der Waals surface area (Å²) in [6.07, 6.45) is 0.0801. The maximum Gasteiger partial charge on any atom is 0.416 e. The normalized spacial score (nSPS) is 17.1. The molecule has 2 aromatic heterocycles. The molecule has 1 unspecified atom stereocenters. The fraction of sp³-hybridized carbons (Fsp3) is 0.250. The highest BCUT2D eigenvalue weighted by Crippen LogP contribution is 2.40. The van der Waals surface area contributed by atoms with Gasteiger partial charge in [0.2, 0.25) is 0 Å². The van der Waals surface area contributed by atoms with Crippen molar-refractivity contribution in [1.82, 2.24) is 19.5 Å². The Bertz CT molecular complexity index is 1020. The Morgan fingerprint density at radius 2 is 1.96 bits per heavy atom. The molecule has 134 valence electrons. The molecule has 0 N–H and O–H groups in total. The number of rotatable bonds is 2. The molecule has 0 aliphatic carbocycles. The minimum absolute atomic E-state index is 0.129. The summed E-state index contributed by atoms with van der Waals surface area (Å²) in [5.41, 5.74) is -1.40. The second kappa shape index (κ2) is 6.27. The highest BCUT2D eigenvalue weighted by molar-refractivity contribution is 8.00. The number of ether oxygens (including phenoxy) is 1. The van der Waals surface area contributed by atoms with Gasteiger partial charge in [-0.3, -0.25) is 4.57 Å². The number of nitrogens with zero attached hydrogens (tertiary/aromatic N) is 4. The summed E-state index contributed by atoms with van der Waals surface area (Å²) in [5.74, 6) is 0. The van der Waals surface area contributed by atoms with E-state index in [-0.39, 0.29) is 17.9 Å². The van der Waals surface area contributed by atoms with E-state index in [0.717, 1.165) is 23.9 Å². The Hall–Kier alpha value is -2.62. The summed E-state index contributed by atoms with van der Waals surface area (Å²) in [5, 5.41) is 0.263. The Kier molecular flexibility index (Phi) is 4.06. The molecule has 1 aromatic carbocycles. The lowest BCUT2D eigenvalue weighted by Crippen LogP contribution is -2.24. The molecule has 0 spiro atoms. The van der Waals surface area contributed by atoms with E-state index in [4.69, 9.17) is 4.74 Å². The lowest BCUT2D eigenvalue weighted by Gasteiger charge is -2.15. The predicted octanol–water partition coefficient (Wildman–Crippen LogP) is 3.11. The molecule has 10 heteroatoms. The van der Waals surface area contributed by atoms with Crippen molar-refractivity contribution >= 4 is 22.7 Å². The summed E-state index contributed by atoms with van der Waals surface area (Å²) in [6.45, 7) is 0.270.